The van der Waals surface area contributed by atoms with E-state index in [9.17, 15) is 0 Å². The van der Waals surface area contributed by atoms with Crippen molar-refractivity contribution in [1.82, 2.24) is 4.98 Å². The Bertz CT molecular complexity index is 810. The van der Waals surface area contributed by atoms with Crippen molar-refractivity contribution in [2.75, 3.05) is 0 Å². The van der Waals surface area contributed by atoms with E-state index < -0.39 is 0 Å². The Morgan fingerprint density at radius 2 is 1.81 bits per heavy atom. The predicted octanol–water partition coefficient (Wildman–Crippen LogP) is 3.73. The van der Waals surface area contributed by atoms with Gasteiger partial charge in [0.1, 0.15) is 16.7 Å². The molecule has 3 heteroatoms. The number of oxazole rings is 1. The first-order valence-corrected chi connectivity index (χ1v) is 5.06. The van der Waals surface area contributed by atoms with Gasteiger partial charge < -0.3 is 8.83 Å². The average molecular weight is 209 g/mol. The summed E-state index contributed by atoms with van der Waals surface area (Å²) in [5, 5.41) is 2.18. The van der Waals surface area contributed by atoms with Gasteiger partial charge in [-0.05, 0) is 12.1 Å². The van der Waals surface area contributed by atoms with Crippen LogP contribution in [0.15, 0.2) is 51.6 Å². The predicted molar refractivity (Wildman–Crippen MR) is 61.3 cm³/mol. The molecule has 0 amide bonds. The summed E-state index contributed by atoms with van der Waals surface area (Å²) in [5.41, 5.74) is 3.36. The van der Waals surface area contributed by atoms with Gasteiger partial charge in [0.15, 0.2) is 12.0 Å². The lowest BCUT2D eigenvalue weighted by Crippen LogP contribution is -1.68. The Hall–Kier alpha value is -2.29. The number of hydrogen-bond acceptors (Lipinski definition) is 3. The van der Waals surface area contributed by atoms with Gasteiger partial charge >= 0.3 is 0 Å². The monoisotopic (exact) mass is 209 g/mol. The number of para-hydroxylation sites is 1. The van der Waals surface area contributed by atoms with Crippen LogP contribution in [0.2, 0.25) is 0 Å². The van der Waals surface area contributed by atoms with Gasteiger partial charge in [0.25, 0.3) is 0 Å². The van der Waals surface area contributed by atoms with Gasteiger partial charge in [-0.1, -0.05) is 18.2 Å². The minimum Gasteiger partial charge on any atom is -0.456 e. The topological polar surface area (TPSA) is 39.2 Å². The fourth-order valence-electron chi connectivity index (χ4n) is 2.08. The molecule has 76 valence electrons. The number of fused-ring (bicyclic) bond motifs is 4. The van der Waals surface area contributed by atoms with E-state index in [-0.39, 0.29) is 0 Å². The molecule has 0 aliphatic rings. The van der Waals surface area contributed by atoms with Gasteiger partial charge in [-0.15, -0.1) is 0 Å². The summed E-state index contributed by atoms with van der Waals surface area (Å²) in [6, 6.07) is 11.9. The van der Waals surface area contributed by atoms with Gasteiger partial charge in [-0.25, -0.2) is 4.98 Å². The second kappa shape index (κ2) is 2.64. The third-order valence-electron chi connectivity index (χ3n) is 2.83. The third kappa shape index (κ3) is 0.896. The second-order valence-electron chi connectivity index (χ2n) is 3.77. The highest BCUT2D eigenvalue weighted by Gasteiger charge is 2.09. The molecule has 0 N–H and O–H groups in total. The molecule has 4 rings (SSSR count). The zero-order valence-corrected chi connectivity index (χ0v) is 8.31. The summed E-state index contributed by atoms with van der Waals surface area (Å²) in [4.78, 5) is 4.11. The second-order valence-corrected chi connectivity index (χ2v) is 3.77. The van der Waals surface area contributed by atoms with E-state index in [4.69, 9.17) is 8.83 Å². The van der Waals surface area contributed by atoms with E-state index in [1.54, 1.807) is 0 Å². The van der Waals surface area contributed by atoms with Crippen LogP contribution in [-0.2, 0) is 0 Å². The van der Waals surface area contributed by atoms with Crippen molar-refractivity contribution in [3.63, 3.8) is 0 Å². The van der Waals surface area contributed by atoms with Crippen molar-refractivity contribution in [2.24, 2.45) is 0 Å². The quantitative estimate of drug-likeness (QED) is 0.443. The fraction of sp³-hybridized carbons (Fsp3) is 0. The molecule has 0 unspecified atom stereocenters. The number of benzene rings is 2. The van der Waals surface area contributed by atoms with Crippen molar-refractivity contribution in [2.45, 2.75) is 0 Å². The molecule has 0 aliphatic heterocycles. The molecule has 0 bridgehead atoms. The fourth-order valence-corrected chi connectivity index (χ4v) is 2.08. The summed E-state index contributed by atoms with van der Waals surface area (Å²) in [6.07, 6.45) is 1.45. The smallest absolute Gasteiger partial charge is 0.181 e. The Kier molecular flexibility index (Phi) is 1.31. The standard InChI is InChI=1S/C13H7NO2/c1-2-4-11-8(3-1)9-5-13-10(14-7-15-13)6-12(9)16-11/h1-7H. The van der Waals surface area contributed by atoms with Crippen LogP contribution >= 0.6 is 0 Å². The molecule has 2 aromatic carbocycles. The minimum absolute atomic E-state index is 0.791. The molecule has 0 spiro atoms. The Morgan fingerprint density at radius 3 is 2.81 bits per heavy atom. The molecule has 0 saturated carbocycles. The van der Waals surface area contributed by atoms with E-state index in [1.165, 1.54) is 6.39 Å². The zero-order chi connectivity index (χ0) is 10.5. The van der Waals surface area contributed by atoms with Crippen molar-refractivity contribution in [3.05, 3.63) is 42.8 Å². The molecular formula is C13H7NO2. The molecule has 0 fully saturated rings. The maximum Gasteiger partial charge on any atom is 0.181 e. The maximum atomic E-state index is 5.75. The summed E-state index contributed by atoms with van der Waals surface area (Å²) in [5.74, 6) is 0. The van der Waals surface area contributed by atoms with Crippen LogP contribution in [0.5, 0.6) is 0 Å². The first-order chi connectivity index (χ1) is 7.92. The number of hydrogen-bond donors (Lipinski definition) is 0. The van der Waals surface area contributed by atoms with Gasteiger partial charge in [-0.2, -0.15) is 0 Å². The lowest BCUT2D eigenvalue weighted by atomic mass is 10.1. The zero-order valence-electron chi connectivity index (χ0n) is 8.31. The Labute approximate surface area is 90.3 Å². The Morgan fingerprint density at radius 1 is 0.875 bits per heavy atom. The highest BCUT2D eigenvalue weighted by Crippen LogP contribution is 2.31. The Balaban J connectivity index is 2.32. The number of furan rings is 1. The van der Waals surface area contributed by atoms with E-state index in [2.05, 4.69) is 4.98 Å². The summed E-state index contributed by atoms with van der Waals surface area (Å²) in [7, 11) is 0. The van der Waals surface area contributed by atoms with Crippen molar-refractivity contribution in [3.8, 4) is 0 Å². The lowest BCUT2D eigenvalue weighted by molar-refractivity contribution is 0.602. The molecule has 4 aromatic rings. The van der Waals surface area contributed by atoms with E-state index in [0.717, 1.165) is 33.0 Å². The molecule has 2 aromatic heterocycles. The van der Waals surface area contributed by atoms with Gasteiger partial charge in [0, 0.05) is 16.8 Å². The molecule has 0 radical (unpaired) electrons. The lowest BCUT2D eigenvalue weighted by Gasteiger charge is -1.88. The SMILES string of the molecule is c1ccc2c(c1)oc1cc3ncoc3cc12. The van der Waals surface area contributed by atoms with Crippen molar-refractivity contribution < 1.29 is 8.83 Å². The third-order valence-corrected chi connectivity index (χ3v) is 2.83. The van der Waals surface area contributed by atoms with Crippen LogP contribution in [0, 0.1) is 0 Å². The van der Waals surface area contributed by atoms with E-state index in [0.29, 0.717) is 0 Å². The van der Waals surface area contributed by atoms with E-state index in [1.807, 2.05) is 36.4 Å². The van der Waals surface area contributed by atoms with Gasteiger partial charge in [-0.3, -0.25) is 0 Å². The van der Waals surface area contributed by atoms with Crippen LogP contribution in [0.1, 0.15) is 0 Å². The number of rotatable bonds is 0. The van der Waals surface area contributed by atoms with Crippen molar-refractivity contribution in [1.29, 1.82) is 0 Å². The summed E-state index contributed by atoms with van der Waals surface area (Å²) in [6.45, 7) is 0. The van der Waals surface area contributed by atoms with Crippen LogP contribution in [0.3, 0.4) is 0 Å². The molecule has 0 aliphatic carbocycles. The first kappa shape index (κ1) is 7.93. The average Bonchev–Trinajstić information content (AvgIpc) is 2.88. The highest BCUT2D eigenvalue weighted by atomic mass is 16.3. The van der Waals surface area contributed by atoms with Crippen LogP contribution in [-0.4, -0.2) is 4.98 Å². The van der Waals surface area contributed by atoms with Crippen LogP contribution in [0.4, 0.5) is 0 Å². The maximum absolute atomic E-state index is 5.75. The highest BCUT2D eigenvalue weighted by molar-refractivity contribution is 6.08. The minimum atomic E-state index is 0.791. The largest absolute Gasteiger partial charge is 0.456 e. The van der Waals surface area contributed by atoms with E-state index >= 15 is 0 Å². The van der Waals surface area contributed by atoms with Gasteiger partial charge in [0.2, 0.25) is 0 Å². The summed E-state index contributed by atoms with van der Waals surface area (Å²) < 4.78 is 11.0. The van der Waals surface area contributed by atoms with Crippen molar-refractivity contribution >= 4 is 33.0 Å². The number of aromatic nitrogens is 1. The molecule has 3 nitrogen and oxygen atoms in total. The molecule has 0 atom stereocenters. The molecule has 16 heavy (non-hydrogen) atoms. The normalized spacial score (nSPS) is 11.8. The molecule has 2 heterocycles. The first-order valence-electron chi connectivity index (χ1n) is 5.06. The molecule has 0 saturated heterocycles. The van der Waals surface area contributed by atoms with Crippen LogP contribution in [0.25, 0.3) is 33.0 Å². The summed E-state index contributed by atoms with van der Waals surface area (Å²) >= 11 is 0. The molecular weight excluding hydrogens is 202 g/mol. The van der Waals surface area contributed by atoms with Crippen LogP contribution < -0.4 is 0 Å². The number of nitrogens with zero attached hydrogens (tertiary/aromatic N) is 1. The van der Waals surface area contributed by atoms with Gasteiger partial charge in [0.05, 0.1) is 0 Å².